The Kier molecular flexibility index (Phi) is 22.0. The number of anilines is 3. The minimum atomic E-state index is -3.67. The number of aryl methyl sites for hydroxylation is 1. The van der Waals surface area contributed by atoms with Gasteiger partial charge >= 0.3 is 0 Å². The molecule has 0 atom stereocenters. The number of azo groups is 1. The van der Waals surface area contributed by atoms with Gasteiger partial charge in [-0.25, -0.2) is 4.68 Å². The zero-order valence-electron chi connectivity index (χ0n) is 30.1. The molecular weight excluding hydrogens is 790 g/mol. The van der Waals surface area contributed by atoms with Crippen molar-refractivity contribution in [2.24, 2.45) is 10.2 Å². The number of aromatic amines is 1. The summed E-state index contributed by atoms with van der Waals surface area (Å²) in [6.07, 6.45) is 2.15. The van der Waals surface area contributed by atoms with Crippen molar-refractivity contribution < 1.29 is 38.9 Å². The van der Waals surface area contributed by atoms with Crippen LogP contribution < -0.4 is 16.2 Å². The fraction of sp³-hybridized carbons (Fsp3) is 0.226. The Morgan fingerprint density at radius 3 is 1.54 bits per heavy atom. The van der Waals surface area contributed by atoms with E-state index in [1.54, 1.807) is 14.0 Å². The summed E-state index contributed by atoms with van der Waals surface area (Å²) >= 11 is 5.75. The molecule has 0 spiro atoms. The van der Waals surface area contributed by atoms with Gasteiger partial charge in [-0.15, -0.1) is 5.11 Å². The van der Waals surface area contributed by atoms with Crippen molar-refractivity contribution in [1.82, 2.24) is 24.7 Å². The molecule has 0 amide bonds. The van der Waals surface area contributed by atoms with E-state index in [0.717, 1.165) is 11.4 Å². The first-order valence-corrected chi connectivity index (χ1v) is 21.0. The summed E-state index contributed by atoms with van der Waals surface area (Å²) in [5.41, 5.74) is 3.17. The molecule has 19 nitrogen and oxygen atoms in total. The predicted molar refractivity (Wildman–Crippen MR) is 210 cm³/mol. The third kappa shape index (κ3) is 25.8. The number of aromatic nitrogens is 5. The zero-order chi connectivity index (χ0) is 41.5. The molecule has 0 aliphatic rings. The summed E-state index contributed by atoms with van der Waals surface area (Å²) in [6, 6.07) is 28.3. The van der Waals surface area contributed by atoms with Crippen LogP contribution in [0.15, 0.2) is 106 Å². The molecule has 2 heterocycles. The topological polar surface area (TPSA) is 288 Å². The molecule has 23 heteroatoms. The Hall–Kier alpha value is -5.10. The van der Waals surface area contributed by atoms with Gasteiger partial charge in [0.1, 0.15) is 0 Å². The lowest BCUT2D eigenvalue weighted by Crippen LogP contribution is -2.13. The van der Waals surface area contributed by atoms with Crippen molar-refractivity contribution in [1.29, 1.82) is 0 Å². The molecule has 0 radical (unpaired) electrons. The van der Waals surface area contributed by atoms with Crippen LogP contribution in [0.1, 0.15) is 19.5 Å². The fourth-order valence-corrected chi connectivity index (χ4v) is 3.35. The molecule has 0 unspecified atom stereocenters. The van der Waals surface area contributed by atoms with E-state index >= 15 is 0 Å². The zero-order valence-corrected chi connectivity index (χ0v) is 33.4. The Bertz CT molecular complexity index is 2160. The van der Waals surface area contributed by atoms with E-state index < -0.39 is 30.4 Å². The summed E-state index contributed by atoms with van der Waals surface area (Å²) in [5, 5.41) is 17.2. The quantitative estimate of drug-likeness (QED) is 0.0879. The molecule has 6 N–H and O–H groups in total. The first-order chi connectivity index (χ1) is 25.0. The van der Waals surface area contributed by atoms with Crippen LogP contribution in [0.25, 0.3) is 5.69 Å². The van der Waals surface area contributed by atoms with Crippen molar-refractivity contribution in [3.8, 4) is 5.69 Å². The number of halogens is 1. The molecule has 5 rings (SSSR count). The molecule has 3 aromatic carbocycles. The SMILES string of the molecule is CC.CNc1nc(Cl)nc(Nc2ccccc2)n1.CS(=O)(=O)O.CS(=O)(=O)O.CS(=O)(=O)O.Cc1[nH]n(-c2ccccc2)c(=O)c1N=Nc1ccccc1. The summed E-state index contributed by atoms with van der Waals surface area (Å²) < 4.78 is 79.1. The highest BCUT2D eigenvalue weighted by Gasteiger charge is 2.11. The second-order valence-corrected chi connectivity index (χ2v) is 14.5. The Balaban J connectivity index is 0.000000746. The monoisotopic (exact) mass is 831 g/mol. The van der Waals surface area contributed by atoms with E-state index in [4.69, 9.17) is 25.3 Å². The molecule has 5 aromatic rings. The van der Waals surface area contributed by atoms with Gasteiger partial charge in [-0.05, 0) is 54.9 Å². The number of para-hydroxylation sites is 2. The number of benzene rings is 3. The van der Waals surface area contributed by atoms with Gasteiger partial charge in [-0.1, -0.05) is 68.4 Å². The van der Waals surface area contributed by atoms with Crippen LogP contribution in [0.5, 0.6) is 0 Å². The molecular formula is C31H42ClN9O10S3. The van der Waals surface area contributed by atoms with Crippen LogP contribution in [0.4, 0.5) is 29.0 Å². The van der Waals surface area contributed by atoms with E-state index in [1.807, 2.05) is 105 Å². The largest absolute Gasteiger partial charge is 0.357 e. The highest BCUT2D eigenvalue weighted by atomic mass is 35.5. The van der Waals surface area contributed by atoms with Crippen LogP contribution in [-0.4, -0.2) is 89.5 Å². The minimum Gasteiger partial charge on any atom is -0.357 e. The number of rotatable bonds is 6. The van der Waals surface area contributed by atoms with E-state index in [9.17, 15) is 30.0 Å². The first-order valence-electron chi connectivity index (χ1n) is 15.1. The van der Waals surface area contributed by atoms with E-state index in [-0.39, 0.29) is 10.8 Å². The normalized spacial score (nSPS) is 10.6. The first kappa shape index (κ1) is 48.9. The lowest BCUT2D eigenvalue weighted by molar-refractivity contribution is 0.488. The maximum absolute atomic E-state index is 12.4. The second kappa shape index (κ2) is 24.3. The van der Waals surface area contributed by atoms with Crippen molar-refractivity contribution in [3.05, 3.63) is 112 Å². The minimum absolute atomic E-state index is 0.151. The Labute approximate surface area is 318 Å². The van der Waals surface area contributed by atoms with Gasteiger partial charge in [0.05, 0.1) is 35.8 Å². The highest BCUT2D eigenvalue weighted by Crippen LogP contribution is 2.18. The third-order valence-electron chi connectivity index (χ3n) is 4.94. The Morgan fingerprint density at radius 1 is 0.685 bits per heavy atom. The van der Waals surface area contributed by atoms with Gasteiger partial charge < -0.3 is 10.6 Å². The number of H-pyrrole nitrogens is 1. The summed E-state index contributed by atoms with van der Waals surface area (Å²) in [4.78, 5) is 24.4. The predicted octanol–water partition coefficient (Wildman–Crippen LogP) is 5.74. The molecule has 54 heavy (non-hydrogen) atoms. The van der Waals surface area contributed by atoms with Gasteiger partial charge in [-0.2, -0.15) is 45.3 Å². The smallest absolute Gasteiger partial charge is 0.299 e. The summed E-state index contributed by atoms with van der Waals surface area (Å²) in [5.74, 6) is 0.842. The Morgan fingerprint density at radius 2 is 1.09 bits per heavy atom. The summed E-state index contributed by atoms with van der Waals surface area (Å²) in [6.45, 7) is 5.81. The van der Waals surface area contributed by atoms with Crippen LogP contribution >= 0.6 is 11.6 Å². The van der Waals surface area contributed by atoms with Gasteiger partial charge in [0.2, 0.25) is 17.2 Å². The van der Waals surface area contributed by atoms with Gasteiger partial charge in [0.25, 0.3) is 35.9 Å². The number of nitrogens with one attached hydrogen (secondary N) is 3. The maximum Gasteiger partial charge on any atom is 0.299 e. The lowest BCUT2D eigenvalue weighted by atomic mass is 10.3. The van der Waals surface area contributed by atoms with Gasteiger partial charge in [0.15, 0.2) is 5.69 Å². The molecule has 2 aromatic heterocycles. The van der Waals surface area contributed by atoms with Crippen LogP contribution in [0.2, 0.25) is 5.28 Å². The van der Waals surface area contributed by atoms with Crippen molar-refractivity contribution in [3.63, 3.8) is 0 Å². The van der Waals surface area contributed by atoms with Crippen molar-refractivity contribution in [2.45, 2.75) is 20.8 Å². The number of hydrogen-bond acceptors (Lipinski definition) is 14. The molecule has 0 fully saturated rings. The summed E-state index contributed by atoms with van der Waals surface area (Å²) in [7, 11) is -9.28. The van der Waals surface area contributed by atoms with Crippen LogP contribution in [-0.2, 0) is 30.4 Å². The average molecular weight is 832 g/mol. The van der Waals surface area contributed by atoms with Crippen molar-refractivity contribution in [2.75, 3.05) is 36.4 Å². The molecule has 0 saturated heterocycles. The average Bonchev–Trinajstić information content (AvgIpc) is 3.36. The molecule has 0 aliphatic heterocycles. The second-order valence-electron chi connectivity index (χ2n) is 9.79. The van der Waals surface area contributed by atoms with Crippen molar-refractivity contribution >= 4 is 70.9 Å². The van der Waals surface area contributed by atoms with E-state index in [0.29, 0.717) is 47.7 Å². The molecule has 296 valence electrons. The van der Waals surface area contributed by atoms with Crippen LogP contribution in [0.3, 0.4) is 0 Å². The molecule has 0 aliphatic carbocycles. The molecule has 0 saturated carbocycles. The third-order valence-corrected chi connectivity index (χ3v) is 5.11. The van der Waals surface area contributed by atoms with Crippen LogP contribution in [0, 0.1) is 6.92 Å². The maximum atomic E-state index is 12.4. The molecule has 0 bridgehead atoms. The lowest BCUT2D eigenvalue weighted by Gasteiger charge is -2.05. The number of hydrogen-bond donors (Lipinski definition) is 6. The fourth-order valence-electron chi connectivity index (χ4n) is 3.19. The highest BCUT2D eigenvalue weighted by molar-refractivity contribution is 7.85. The van der Waals surface area contributed by atoms with Gasteiger partial charge in [0, 0.05) is 12.7 Å². The number of nitrogens with zero attached hydrogens (tertiary/aromatic N) is 6. The van der Waals surface area contributed by atoms with E-state index in [1.165, 1.54) is 4.68 Å². The van der Waals surface area contributed by atoms with Gasteiger partial charge in [-0.3, -0.25) is 23.6 Å². The standard InChI is InChI=1S/C16H14N4O.C10H10ClN5.C2H6.3CH4O3S/c1-12-15(18-17-13-8-4-2-5-9-13)16(21)20(19-12)14-10-6-3-7-11-14;1-12-9-14-8(11)15-10(16-9)13-7-5-3-2-4-6-7;1-2;3*1-5(2,3)4/h2-11,19H,1H3;2-6H,1H3,(H2,12,13,14,15,16);1-2H3;3*1H3,(H,2,3,4). The van der Waals surface area contributed by atoms with E-state index in [2.05, 4.69) is 40.9 Å².